The maximum Gasteiger partial charge on any atom is 0.267 e. The van der Waals surface area contributed by atoms with Gasteiger partial charge in [-0.05, 0) is 57.1 Å². The fourth-order valence-electron chi connectivity index (χ4n) is 3.25. The van der Waals surface area contributed by atoms with Crippen LogP contribution in [0.25, 0.3) is 0 Å². The van der Waals surface area contributed by atoms with E-state index in [9.17, 15) is 4.79 Å². The van der Waals surface area contributed by atoms with E-state index in [-0.39, 0.29) is 11.9 Å². The molecular formula is C16H23N5OS. The van der Waals surface area contributed by atoms with Crippen molar-refractivity contribution in [3.8, 4) is 0 Å². The van der Waals surface area contributed by atoms with E-state index in [1.807, 2.05) is 23.4 Å². The average molecular weight is 333 g/mol. The Labute approximate surface area is 140 Å². The highest BCUT2D eigenvalue weighted by atomic mass is 32.1. The second-order valence-electron chi connectivity index (χ2n) is 6.16. The van der Waals surface area contributed by atoms with Gasteiger partial charge in [-0.1, -0.05) is 11.4 Å². The molecule has 0 spiro atoms. The molecule has 2 aromatic rings. The molecule has 1 fully saturated rings. The van der Waals surface area contributed by atoms with E-state index in [0.29, 0.717) is 4.88 Å². The molecule has 23 heavy (non-hydrogen) atoms. The molecule has 7 heteroatoms. The molecule has 0 radical (unpaired) electrons. The van der Waals surface area contributed by atoms with Crippen molar-refractivity contribution in [2.75, 3.05) is 6.54 Å². The van der Waals surface area contributed by atoms with Crippen LogP contribution in [0.5, 0.6) is 0 Å². The van der Waals surface area contributed by atoms with Gasteiger partial charge in [0.15, 0.2) is 0 Å². The first kappa shape index (κ1) is 16.1. The van der Waals surface area contributed by atoms with Crippen LogP contribution in [0.3, 0.4) is 0 Å². The molecule has 1 aliphatic heterocycles. The van der Waals surface area contributed by atoms with Gasteiger partial charge < -0.3 is 4.90 Å². The van der Waals surface area contributed by atoms with Crippen molar-refractivity contribution in [3.05, 3.63) is 28.0 Å². The Morgan fingerprint density at radius 1 is 1.39 bits per heavy atom. The van der Waals surface area contributed by atoms with Crippen LogP contribution in [0, 0.1) is 13.8 Å². The predicted octanol–water partition coefficient (Wildman–Crippen LogP) is 2.61. The maximum absolute atomic E-state index is 13.0. The van der Waals surface area contributed by atoms with E-state index in [0.717, 1.165) is 55.9 Å². The minimum absolute atomic E-state index is 0.0862. The standard InChI is InChI=1S/C16H23N5OS/c1-4-14-15(23-19-17-14)16(22)20-8-6-5-7-13(20)10-21-12(3)9-11(2)18-21/h9,13H,4-8,10H2,1-3H3/t13-/m1/s1. The summed E-state index contributed by atoms with van der Waals surface area (Å²) < 4.78 is 5.99. The second kappa shape index (κ2) is 6.78. The topological polar surface area (TPSA) is 63.9 Å². The molecule has 124 valence electrons. The van der Waals surface area contributed by atoms with Crippen molar-refractivity contribution in [1.29, 1.82) is 0 Å². The summed E-state index contributed by atoms with van der Waals surface area (Å²) >= 11 is 1.22. The molecule has 1 atom stereocenters. The number of carbonyl (C=O) groups excluding carboxylic acids is 1. The Hall–Kier alpha value is -1.76. The zero-order valence-electron chi connectivity index (χ0n) is 13.9. The number of aromatic nitrogens is 4. The van der Waals surface area contributed by atoms with Crippen LogP contribution < -0.4 is 0 Å². The van der Waals surface area contributed by atoms with Crippen molar-refractivity contribution < 1.29 is 4.79 Å². The summed E-state index contributed by atoms with van der Waals surface area (Å²) in [6.07, 6.45) is 3.99. The summed E-state index contributed by atoms with van der Waals surface area (Å²) in [4.78, 5) is 15.7. The lowest BCUT2D eigenvalue weighted by molar-refractivity contribution is 0.0586. The van der Waals surface area contributed by atoms with Gasteiger partial charge in [0.25, 0.3) is 5.91 Å². The molecule has 1 saturated heterocycles. The minimum atomic E-state index is 0.0862. The largest absolute Gasteiger partial charge is 0.333 e. The van der Waals surface area contributed by atoms with E-state index < -0.39 is 0 Å². The number of hydrogen-bond donors (Lipinski definition) is 0. The number of carbonyl (C=O) groups is 1. The molecule has 0 saturated carbocycles. The number of piperidine rings is 1. The Bertz CT molecular complexity index is 692. The van der Waals surface area contributed by atoms with Gasteiger partial charge in [-0.15, -0.1) is 5.10 Å². The number of aryl methyl sites for hydroxylation is 3. The quantitative estimate of drug-likeness (QED) is 0.863. The van der Waals surface area contributed by atoms with Gasteiger partial charge in [-0.2, -0.15) is 5.10 Å². The molecule has 6 nitrogen and oxygen atoms in total. The fraction of sp³-hybridized carbons (Fsp3) is 0.625. The molecule has 0 bridgehead atoms. The Morgan fingerprint density at radius 3 is 2.91 bits per heavy atom. The molecule has 0 aromatic carbocycles. The first-order chi connectivity index (χ1) is 11.1. The van der Waals surface area contributed by atoms with E-state index in [1.54, 1.807) is 0 Å². The molecule has 3 rings (SSSR count). The van der Waals surface area contributed by atoms with Crippen LogP contribution in [0.4, 0.5) is 0 Å². The van der Waals surface area contributed by atoms with Crippen LogP contribution in [0.15, 0.2) is 6.07 Å². The van der Waals surface area contributed by atoms with Crippen molar-refractivity contribution in [2.45, 2.75) is 59.0 Å². The maximum atomic E-state index is 13.0. The third-order valence-corrected chi connectivity index (χ3v) is 5.22. The van der Waals surface area contributed by atoms with Crippen molar-refractivity contribution in [2.24, 2.45) is 0 Å². The molecule has 2 aromatic heterocycles. The number of hydrogen-bond acceptors (Lipinski definition) is 5. The SMILES string of the molecule is CCc1nnsc1C(=O)N1CCCC[C@@H]1Cn1nc(C)cc1C. The molecule has 0 unspecified atom stereocenters. The van der Waals surface area contributed by atoms with Crippen LogP contribution in [-0.2, 0) is 13.0 Å². The minimum Gasteiger partial charge on any atom is -0.333 e. The fourth-order valence-corrected chi connectivity index (χ4v) is 3.96. The third-order valence-electron chi connectivity index (χ3n) is 4.46. The third kappa shape index (κ3) is 3.29. The molecule has 1 aliphatic rings. The summed E-state index contributed by atoms with van der Waals surface area (Å²) in [5, 5.41) is 8.63. The first-order valence-corrected chi connectivity index (χ1v) is 9.00. The Kier molecular flexibility index (Phi) is 4.75. The van der Waals surface area contributed by atoms with Gasteiger partial charge in [0.1, 0.15) is 4.88 Å². The number of nitrogens with zero attached hydrogens (tertiary/aromatic N) is 5. The highest BCUT2D eigenvalue weighted by Gasteiger charge is 2.30. The van der Waals surface area contributed by atoms with Gasteiger partial charge in [-0.25, -0.2) is 0 Å². The van der Waals surface area contributed by atoms with Crippen molar-refractivity contribution in [3.63, 3.8) is 0 Å². The summed E-state index contributed by atoms with van der Waals surface area (Å²) in [6.45, 7) is 7.65. The van der Waals surface area contributed by atoms with Crippen LogP contribution in [0.2, 0.25) is 0 Å². The van der Waals surface area contributed by atoms with Crippen LogP contribution in [0.1, 0.15) is 52.9 Å². The van der Waals surface area contributed by atoms with E-state index >= 15 is 0 Å². The van der Waals surface area contributed by atoms with E-state index in [1.165, 1.54) is 11.5 Å². The van der Waals surface area contributed by atoms with Gasteiger partial charge in [0, 0.05) is 12.2 Å². The molecule has 1 amide bonds. The van der Waals surface area contributed by atoms with Crippen LogP contribution >= 0.6 is 11.5 Å². The van der Waals surface area contributed by atoms with Gasteiger partial charge in [0.2, 0.25) is 0 Å². The number of amides is 1. The highest BCUT2D eigenvalue weighted by molar-refractivity contribution is 7.08. The average Bonchev–Trinajstić information content (AvgIpc) is 3.13. The Morgan fingerprint density at radius 2 is 2.22 bits per heavy atom. The van der Waals surface area contributed by atoms with E-state index in [2.05, 4.69) is 27.7 Å². The predicted molar refractivity (Wildman–Crippen MR) is 89.7 cm³/mol. The first-order valence-electron chi connectivity index (χ1n) is 8.23. The highest BCUT2D eigenvalue weighted by Crippen LogP contribution is 2.24. The monoisotopic (exact) mass is 333 g/mol. The summed E-state index contributed by atoms with van der Waals surface area (Å²) in [7, 11) is 0. The van der Waals surface area contributed by atoms with Gasteiger partial charge >= 0.3 is 0 Å². The molecule has 0 aliphatic carbocycles. The lowest BCUT2D eigenvalue weighted by Crippen LogP contribution is -2.46. The second-order valence-corrected chi connectivity index (χ2v) is 6.91. The van der Waals surface area contributed by atoms with Crippen molar-refractivity contribution in [1.82, 2.24) is 24.3 Å². The zero-order chi connectivity index (χ0) is 16.4. The lowest BCUT2D eigenvalue weighted by atomic mass is 10.0. The van der Waals surface area contributed by atoms with E-state index in [4.69, 9.17) is 0 Å². The molecule has 3 heterocycles. The smallest absolute Gasteiger partial charge is 0.267 e. The van der Waals surface area contributed by atoms with Crippen molar-refractivity contribution >= 4 is 17.4 Å². The van der Waals surface area contributed by atoms with Gasteiger partial charge in [-0.3, -0.25) is 9.48 Å². The normalized spacial score (nSPS) is 18.4. The Balaban J connectivity index is 1.81. The summed E-state index contributed by atoms with van der Waals surface area (Å²) in [6, 6.07) is 2.28. The summed E-state index contributed by atoms with van der Waals surface area (Å²) in [5.74, 6) is 0.0862. The number of rotatable bonds is 4. The molecular weight excluding hydrogens is 310 g/mol. The van der Waals surface area contributed by atoms with Gasteiger partial charge in [0.05, 0.1) is 24.0 Å². The number of likely N-dealkylation sites (tertiary alicyclic amines) is 1. The van der Waals surface area contributed by atoms with Crippen LogP contribution in [-0.4, -0.2) is 42.8 Å². The zero-order valence-corrected chi connectivity index (χ0v) is 14.8. The summed E-state index contributed by atoms with van der Waals surface area (Å²) in [5.41, 5.74) is 2.99. The lowest BCUT2D eigenvalue weighted by Gasteiger charge is -2.35. The molecule has 0 N–H and O–H groups in total.